The normalized spacial score (nSPS) is 14.4. The number of imidazole rings is 1. The maximum absolute atomic E-state index is 12.3. The summed E-state index contributed by atoms with van der Waals surface area (Å²) in [6, 6.07) is 3.50. The minimum atomic E-state index is 0.0595. The van der Waals surface area contributed by atoms with Gasteiger partial charge in [-0.05, 0) is 12.1 Å². The second-order valence-corrected chi connectivity index (χ2v) is 4.46. The highest BCUT2D eigenvalue weighted by Crippen LogP contribution is 2.18. The first-order chi connectivity index (χ1) is 8.75. The summed E-state index contributed by atoms with van der Waals surface area (Å²) in [5, 5.41) is 0. The lowest BCUT2D eigenvalue weighted by Crippen LogP contribution is -2.36. The van der Waals surface area contributed by atoms with Gasteiger partial charge in [-0.3, -0.25) is 9.78 Å². The van der Waals surface area contributed by atoms with Crippen LogP contribution in [0, 0.1) is 0 Å². The smallest absolute Gasteiger partial charge is 0.254 e. The van der Waals surface area contributed by atoms with Crippen LogP contribution in [0.4, 0.5) is 0 Å². The molecule has 0 atom stereocenters. The third-order valence-corrected chi connectivity index (χ3v) is 3.32. The predicted octanol–water partition coefficient (Wildman–Crippen LogP) is 1.01. The Hall–Kier alpha value is -2.17. The number of carbonyl (C=O) groups excluding carboxylic acids is 1. The zero-order chi connectivity index (χ0) is 12.5. The van der Waals surface area contributed by atoms with Crippen LogP contribution in [-0.2, 0) is 20.0 Å². The molecule has 0 spiro atoms. The fourth-order valence-corrected chi connectivity index (χ4v) is 2.27. The SMILES string of the molecule is Cn1cnc2c1CN(C(=O)c1ccncc1)CC2. The number of aryl methyl sites for hydroxylation is 1. The van der Waals surface area contributed by atoms with Crippen molar-refractivity contribution < 1.29 is 4.79 Å². The first kappa shape index (κ1) is 11.0. The molecule has 0 saturated heterocycles. The Morgan fingerprint density at radius 3 is 2.89 bits per heavy atom. The van der Waals surface area contributed by atoms with Gasteiger partial charge in [-0.1, -0.05) is 0 Å². The van der Waals surface area contributed by atoms with Gasteiger partial charge in [0.2, 0.25) is 0 Å². The van der Waals surface area contributed by atoms with E-state index < -0.39 is 0 Å². The van der Waals surface area contributed by atoms with Gasteiger partial charge in [-0.15, -0.1) is 0 Å². The highest BCUT2D eigenvalue weighted by Gasteiger charge is 2.24. The lowest BCUT2D eigenvalue weighted by Gasteiger charge is -2.27. The first-order valence-corrected chi connectivity index (χ1v) is 5.94. The Morgan fingerprint density at radius 1 is 1.33 bits per heavy atom. The van der Waals surface area contributed by atoms with Crippen molar-refractivity contribution in [2.24, 2.45) is 7.05 Å². The molecular weight excluding hydrogens is 228 g/mol. The summed E-state index contributed by atoms with van der Waals surface area (Å²) in [6.07, 6.45) is 5.93. The van der Waals surface area contributed by atoms with E-state index in [1.54, 1.807) is 24.5 Å². The molecule has 92 valence electrons. The Morgan fingerprint density at radius 2 is 2.11 bits per heavy atom. The first-order valence-electron chi connectivity index (χ1n) is 5.94. The van der Waals surface area contributed by atoms with E-state index in [1.807, 2.05) is 22.8 Å². The van der Waals surface area contributed by atoms with Gasteiger partial charge in [0, 0.05) is 38.0 Å². The van der Waals surface area contributed by atoms with E-state index in [0.29, 0.717) is 12.1 Å². The van der Waals surface area contributed by atoms with E-state index >= 15 is 0 Å². The van der Waals surface area contributed by atoms with Crippen LogP contribution in [0.2, 0.25) is 0 Å². The standard InChI is InChI=1S/C13H14N4O/c1-16-9-15-11-4-7-17(8-12(11)16)13(18)10-2-5-14-6-3-10/h2-3,5-6,9H,4,7-8H2,1H3. The molecule has 1 amide bonds. The molecule has 3 heterocycles. The Bertz CT molecular complexity index is 576. The molecule has 0 bridgehead atoms. The van der Waals surface area contributed by atoms with Crippen LogP contribution >= 0.6 is 0 Å². The van der Waals surface area contributed by atoms with Crippen molar-refractivity contribution in [2.75, 3.05) is 6.54 Å². The summed E-state index contributed by atoms with van der Waals surface area (Å²) in [5.74, 6) is 0.0595. The molecule has 2 aromatic rings. The van der Waals surface area contributed by atoms with E-state index in [4.69, 9.17) is 0 Å². The molecule has 0 aliphatic carbocycles. The van der Waals surface area contributed by atoms with Crippen molar-refractivity contribution in [2.45, 2.75) is 13.0 Å². The molecule has 0 aromatic carbocycles. The summed E-state index contributed by atoms with van der Waals surface area (Å²) >= 11 is 0. The molecular formula is C13H14N4O. The number of amides is 1. The van der Waals surface area contributed by atoms with Gasteiger partial charge in [0.05, 0.1) is 24.3 Å². The van der Waals surface area contributed by atoms with Gasteiger partial charge in [0.1, 0.15) is 0 Å². The van der Waals surface area contributed by atoms with E-state index in [2.05, 4.69) is 9.97 Å². The highest BCUT2D eigenvalue weighted by molar-refractivity contribution is 5.94. The zero-order valence-corrected chi connectivity index (χ0v) is 10.2. The van der Waals surface area contributed by atoms with Crippen molar-refractivity contribution >= 4 is 5.91 Å². The summed E-state index contributed by atoms with van der Waals surface area (Å²) in [5.41, 5.74) is 2.93. The minimum absolute atomic E-state index is 0.0595. The Kier molecular flexibility index (Phi) is 2.59. The van der Waals surface area contributed by atoms with E-state index in [9.17, 15) is 4.79 Å². The average molecular weight is 242 g/mol. The number of hydrogen-bond donors (Lipinski definition) is 0. The molecule has 1 aliphatic rings. The number of fused-ring (bicyclic) bond motifs is 1. The molecule has 2 aromatic heterocycles. The minimum Gasteiger partial charge on any atom is -0.336 e. The van der Waals surface area contributed by atoms with Crippen LogP contribution in [0.1, 0.15) is 21.7 Å². The lowest BCUT2D eigenvalue weighted by molar-refractivity contribution is 0.0730. The van der Waals surface area contributed by atoms with Crippen LogP contribution in [0.15, 0.2) is 30.9 Å². The second-order valence-electron chi connectivity index (χ2n) is 4.46. The maximum Gasteiger partial charge on any atom is 0.254 e. The van der Waals surface area contributed by atoms with E-state index in [-0.39, 0.29) is 5.91 Å². The number of rotatable bonds is 1. The fourth-order valence-electron chi connectivity index (χ4n) is 2.27. The maximum atomic E-state index is 12.3. The van der Waals surface area contributed by atoms with Crippen molar-refractivity contribution in [3.05, 3.63) is 47.8 Å². The summed E-state index contributed by atoms with van der Waals surface area (Å²) in [7, 11) is 1.96. The molecule has 5 heteroatoms. The van der Waals surface area contributed by atoms with Crippen LogP contribution in [0.3, 0.4) is 0 Å². The number of hydrogen-bond acceptors (Lipinski definition) is 3. The van der Waals surface area contributed by atoms with Gasteiger partial charge >= 0.3 is 0 Å². The van der Waals surface area contributed by atoms with Gasteiger partial charge < -0.3 is 9.47 Å². The monoisotopic (exact) mass is 242 g/mol. The van der Waals surface area contributed by atoms with Crippen LogP contribution in [0.25, 0.3) is 0 Å². The predicted molar refractivity (Wildman–Crippen MR) is 65.9 cm³/mol. The third-order valence-electron chi connectivity index (χ3n) is 3.32. The van der Waals surface area contributed by atoms with Crippen molar-refractivity contribution in [1.29, 1.82) is 0 Å². The molecule has 0 N–H and O–H groups in total. The van der Waals surface area contributed by atoms with Crippen molar-refractivity contribution in [3.63, 3.8) is 0 Å². The largest absolute Gasteiger partial charge is 0.336 e. The molecule has 3 rings (SSSR count). The number of nitrogens with zero attached hydrogens (tertiary/aromatic N) is 4. The molecule has 0 saturated carbocycles. The topological polar surface area (TPSA) is 51.0 Å². The Labute approximate surface area is 105 Å². The van der Waals surface area contributed by atoms with Gasteiger partial charge in [0.15, 0.2) is 0 Å². The summed E-state index contributed by atoms with van der Waals surface area (Å²) < 4.78 is 1.99. The Balaban J connectivity index is 1.84. The molecule has 0 unspecified atom stereocenters. The van der Waals surface area contributed by atoms with Crippen molar-refractivity contribution in [1.82, 2.24) is 19.4 Å². The van der Waals surface area contributed by atoms with Crippen molar-refractivity contribution in [3.8, 4) is 0 Å². The quantitative estimate of drug-likeness (QED) is 0.750. The average Bonchev–Trinajstić information content (AvgIpc) is 2.80. The molecule has 0 radical (unpaired) electrons. The highest BCUT2D eigenvalue weighted by atomic mass is 16.2. The number of pyridine rings is 1. The zero-order valence-electron chi connectivity index (χ0n) is 10.2. The third kappa shape index (κ3) is 1.77. The van der Waals surface area contributed by atoms with Crippen LogP contribution in [-0.4, -0.2) is 31.9 Å². The van der Waals surface area contributed by atoms with Crippen LogP contribution < -0.4 is 0 Å². The molecule has 18 heavy (non-hydrogen) atoms. The molecule has 5 nitrogen and oxygen atoms in total. The lowest BCUT2D eigenvalue weighted by atomic mass is 10.1. The number of carbonyl (C=O) groups is 1. The summed E-state index contributed by atoms with van der Waals surface area (Å²) in [6.45, 7) is 1.36. The molecule has 0 fully saturated rings. The van der Waals surface area contributed by atoms with Crippen LogP contribution in [0.5, 0.6) is 0 Å². The molecule has 1 aliphatic heterocycles. The van der Waals surface area contributed by atoms with Gasteiger partial charge in [0.25, 0.3) is 5.91 Å². The van der Waals surface area contributed by atoms with Gasteiger partial charge in [-0.2, -0.15) is 0 Å². The van der Waals surface area contributed by atoms with E-state index in [1.165, 1.54) is 0 Å². The second kappa shape index (κ2) is 4.25. The van der Waals surface area contributed by atoms with E-state index in [0.717, 1.165) is 24.4 Å². The fraction of sp³-hybridized carbons (Fsp3) is 0.308. The number of aromatic nitrogens is 3. The van der Waals surface area contributed by atoms with Gasteiger partial charge in [-0.25, -0.2) is 4.98 Å². The summed E-state index contributed by atoms with van der Waals surface area (Å²) in [4.78, 5) is 22.4.